The molecule has 0 spiro atoms. The standard InChI is InChI=1S/C21H23N3O3S/c1-23(2)28(26,27)20-12-9-18(10-13-20)22-21(25)15-24(3)19-11-8-16-6-4-5-7-17(16)14-19/h4-14H,15H2,1-3H3,(H,22,25). The summed E-state index contributed by atoms with van der Waals surface area (Å²) in [4.78, 5) is 14.4. The first-order valence-electron chi connectivity index (χ1n) is 8.80. The maximum atomic E-state index is 12.4. The van der Waals surface area contributed by atoms with Gasteiger partial charge in [0, 0.05) is 32.5 Å². The van der Waals surface area contributed by atoms with Crippen molar-refractivity contribution < 1.29 is 13.2 Å². The van der Waals surface area contributed by atoms with Gasteiger partial charge in [-0.25, -0.2) is 12.7 Å². The summed E-state index contributed by atoms with van der Waals surface area (Å²) in [5, 5.41) is 5.06. The first kappa shape index (κ1) is 19.9. The molecule has 0 aromatic heterocycles. The molecule has 28 heavy (non-hydrogen) atoms. The third-order valence-electron chi connectivity index (χ3n) is 4.47. The van der Waals surface area contributed by atoms with Gasteiger partial charge in [0.15, 0.2) is 0 Å². The van der Waals surface area contributed by atoms with Crippen LogP contribution in [0.3, 0.4) is 0 Å². The average Bonchev–Trinajstić information content (AvgIpc) is 2.67. The van der Waals surface area contributed by atoms with Crippen LogP contribution in [0.25, 0.3) is 10.8 Å². The van der Waals surface area contributed by atoms with Gasteiger partial charge in [-0.1, -0.05) is 30.3 Å². The van der Waals surface area contributed by atoms with Crippen LogP contribution in [0, 0.1) is 0 Å². The van der Waals surface area contributed by atoms with Gasteiger partial charge in [0.1, 0.15) is 0 Å². The molecule has 3 rings (SSSR count). The van der Waals surface area contributed by atoms with E-state index in [0.717, 1.165) is 20.8 Å². The van der Waals surface area contributed by atoms with Gasteiger partial charge in [-0.15, -0.1) is 0 Å². The predicted octanol–water partition coefficient (Wildman–Crippen LogP) is 3.17. The molecule has 3 aromatic rings. The Morgan fingerprint density at radius 1 is 0.893 bits per heavy atom. The molecule has 0 aliphatic carbocycles. The van der Waals surface area contributed by atoms with Crippen molar-refractivity contribution in [2.24, 2.45) is 0 Å². The van der Waals surface area contributed by atoms with Crippen molar-refractivity contribution in [2.75, 3.05) is 37.9 Å². The molecule has 0 unspecified atom stereocenters. The summed E-state index contributed by atoms with van der Waals surface area (Å²) in [7, 11) is 1.33. The fourth-order valence-corrected chi connectivity index (χ4v) is 3.74. The highest BCUT2D eigenvalue weighted by molar-refractivity contribution is 7.89. The van der Waals surface area contributed by atoms with Gasteiger partial charge in [0.25, 0.3) is 0 Å². The van der Waals surface area contributed by atoms with Crippen LogP contribution >= 0.6 is 0 Å². The SMILES string of the molecule is CN(CC(=O)Nc1ccc(S(=O)(=O)N(C)C)cc1)c1ccc2ccccc2c1. The topological polar surface area (TPSA) is 69.7 Å². The van der Waals surface area contributed by atoms with E-state index in [9.17, 15) is 13.2 Å². The summed E-state index contributed by atoms with van der Waals surface area (Å²) in [5.41, 5.74) is 1.50. The van der Waals surface area contributed by atoms with Gasteiger partial charge >= 0.3 is 0 Å². The Kier molecular flexibility index (Phi) is 5.67. The number of fused-ring (bicyclic) bond motifs is 1. The largest absolute Gasteiger partial charge is 0.365 e. The number of carbonyl (C=O) groups is 1. The highest BCUT2D eigenvalue weighted by Crippen LogP contribution is 2.21. The smallest absolute Gasteiger partial charge is 0.243 e. The zero-order valence-electron chi connectivity index (χ0n) is 16.1. The van der Waals surface area contributed by atoms with Crippen LogP contribution in [-0.4, -0.2) is 46.3 Å². The zero-order valence-corrected chi connectivity index (χ0v) is 16.9. The first-order chi connectivity index (χ1) is 13.3. The molecule has 0 aliphatic rings. The monoisotopic (exact) mass is 397 g/mol. The molecule has 0 bridgehead atoms. The Bertz CT molecular complexity index is 1090. The van der Waals surface area contributed by atoms with Crippen molar-refractivity contribution in [1.82, 2.24) is 4.31 Å². The van der Waals surface area contributed by atoms with E-state index in [1.54, 1.807) is 12.1 Å². The van der Waals surface area contributed by atoms with Crippen molar-refractivity contribution in [3.05, 3.63) is 66.7 Å². The Hall–Kier alpha value is -2.90. The Labute approximate surface area is 165 Å². The van der Waals surface area contributed by atoms with Gasteiger partial charge in [-0.05, 0) is 47.2 Å². The van der Waals surface area contributed by atoms with Crippen LogP contribution < -0.4 is 10.2 Å². The minimum absolute atomic E-state index is 0.177. The highest BCUT2D eigenvalue weighted by Gasteiger charge is 2.17. The third-order valence-corrected chi connectivity index (χ3v) is 6.30. The van der Waals surface area contributed by atoms with Crippen molar-refractivity contribution in [3.8, 4) is 0 Å². The molecule has 146 valence electrons. The summed E-state index contributed by atoms with van der Waals surface area (Å²) in [6, 6.07) is 20.3. The van der Waals surface area contributed by atoms with E-state index in [2.05, 4.69) is 5.32 Å². The number of hydrogen-bond acceptors (Lipinski definition) is 4. The molecule has 3 aromatic carbocycles. The molecule has 0 saturated carbocycles. The number of benzene rings is 3. The van der Waals surface area contributed by atoms with Crippen LogP contribution in [0.15, 0.2) is 71.6 Å². The van der Waals surface area contributed by atoms with Crippen molar-refractivity contribution >= 4 is 38.1 Å². The number of nitrogens with one attached hydrogen (secondary N) is 1. The van der Waals surface area contributed by atoms with Gasteiger partial charge < -0.3 is 10.2 Å². The lowest BCUT2D eigenvalue weighted by molar-refractivity contribution is -0.114. The summed E-state index contributed by atoms with van der Waals surface area (Å²) in [6.45, 7) is 0.177. The van der Waals surface area contributed by atoms with Crippen molar-refractivity contribution in [1.29, 1.82) is 0 Å². The van der Waals surface area contributed by atoms with Crippen LogP contribution in [0.2, 0.25) is 0 Å². The van der Waals surface area contributed by atoms with E-state index in [1.807, 2.05) is 54.4 Å². The van der Waals surface area contributed by atoms with Crippen molar-refractivity contribution in [3.63, 3.8) is 0 Å². The number of amides is 1. The number of nitrogens with zero attached hydrogens (tertiary/aromatic N) is 2. The van der Waals surface area contributed by atoms with Gasteiger partial charge in [0.05, 0.1) is 11.4 Å². The quantitative estimate of drug-likeness (QED) is 0.694. The van der Waals surface area contributed by atoms with Gasteiger partial charge in [-0.3, -0.25) is 4.79 Å². The molecule has 0 atom stereocenters. The number of anilines is 2. The molecule has 0 aliphatic heterocycles. The van der Waals surface area contributed by atoms with Crippen LogP contribution in [0.4, 0.5) is 11.4 Å². The maximum Gasteiger partial charge on any atom is 0.243 e. The predicted molar refractivity (Wildman–Crippen MR) is 113 cm³/mol. The summed E-state index contributed by atoms with van der Waals surface area (Å²) in [6.07, 6.45) is 0. The second-order valence-electron chi connectivity index (χ2n) is 6.75. The number of carbonyl (C=O) groups excluding carboxylic acids is 1. The van der Waals surface area contributed by atoms with Crippen LogP contribution in [-0.2, 0) is 14.8 Å². The molecule has 6 nitrogen and oxygen atoms in total. The van der Waals surface area contributed by atoms with Gasteiger partial charge in [-0.2, -0.15) is 0 Å². The molecular formula is C21H23N3O3S. The van der Waals surface area contributed by atoms with Gasteiger partial charge in [0.2, 0.25) is 15.9 Å². The molecule has 7 heteroatoms. The molecule has 0 fully saturated rings. The number of rotatable bonds is 6. The lowest BCUT2D eigenvalue weighted by Crippen LogP contribution is -2.30. The average molecular weight is 398 g/mol. The van der Waals surface area contributed by atoms with E-state index >= 15 is 0 Å². The second-order valence-corrected chi connectivity index (χ2v) is 8.90. The van der Waals surface area contributed by atoms with E-state index in [-0.39, 0.29) is 17.3 Å². The lowest BCUT2D eigenvalue weighted by Gasteiger charge is -2.19. The summed E-state index contributed by atoms with van der Waals surface area (Å²) >= 11 is 0. The van der Waals surface area contributed by atoms with Crippen LogP contribution in [0.5, 0.6) is 0 Å². The second kappa shape index (κ2) is 8.00. The Morgan fingerprint density at radius 3 is 2.18 bits per heavy atom. The maximum absolute atomic E-state index is 12.4. The van der Waals surface area contributed by atoms with Crippen molar-refractivity contribution in [2.45, 2.75) is 4.90 Å². The van der Waals surface area contributed by atoms with Crippen LogP contribution in [0.1, 0.15) is 0 Å². The fraction of sp³-hybridized carbons (Fsp3) is 0.190. The van der Waals surface area contributed by atoms with E-state index in [1.165, 1.54) is 26.2 Å². The number of hydrogen-bond donors (Lipinski definition) is 1. The summed E-state index contributed by atoms with van der Waals surface area (Å²) < 4.78 is 25.3. The van der Waals surface area contributed by atoms with E-state index in [4.69, 9.17) is 0 Å². The fourth-order valence-electron chi connectivity index (χ4n) is 2.84. The minimum Gasteiger partial charge on any atom is -0.365 e. The van der Waals surface area contributed by atoms with E-state index < -0.39 is 10.0 Å². The lowest BCUT2D eigenvalue weighted by atomic mass is 10.1. The molecule has 1 N–H and O–H groups in total. The summed E-state index contributed by atoms with van der Waals surface area (Å²) in [5.74, 6) is -0.182. The zero-order chi connectivity index (χ0) is 20.3. The Morgan fingerprint density at radius 2 is 1.54 bits per heavy atom. The number of sulfonamides is 1. The first-order valence-corrected chi connectivity index (χ1v) is 10.2. The third kappa shape index (κ3) is 4.32. The Balaban J connectivity index is 1.66. The normalized spacial score (nSPS) is 11.6. The molecular weight excluding hydrogens is 374 g/mol. The molecule has 0 saturated heterocycles. The number of likely N-dealkylation sites (N-methyl/N-ethyl adjacent to an activating group) is 1. The molecule has 0 heterocycles. The van der Waals surface area contributed by atoms with E-state index in [0.29, 0.717) is 5.69 Å². The molecule has 0 radical (unpaired) electrons. The minimum atomic E-state index is -3.48. The molecule has 1 amide bonds. The highest BCUT2D eigenvalue weighted by atomic mass is 32.2.